The molecular formula is C15H17N3O2. The molecule has 0 fully saturated rings. The largest absolute Gasteiger partial charge is 0.355 e. The number of amides is 1. The van der Waals surface area contributed by atoms with Gasteiger partial charge >= 0.3 is 0 Å². The van der Waals surface area contributed by atoms with E-state index >= 15 is 0 Å². The molecule has 1 heterocycles. The molecule has 2 aromatic rings. The molecule has 5 nitrogen and oxygen atoms in total. The van der Waals surface area contributed by atoms with Gasteiger partial charge in [-0.05, 0) is 0 Å². The van der Waals surface area contributed by atoms with Crippen molar-refractivity contribution in [2.75, 3.05) is 6.54 Å². The maximum Gasteiger partial charge on any atom is 0.227 e. The smallest absolute Gasteiger partial charge is 0.227 e. The van der Waals surface area contributed by atoms with Gasteiger partial charge in [0.1, 0.15) is 5.82 Å². The first-order chi connectivity index (χ1) is 9.66. The molecule has 20 heavy (non-hydrogen) atoms. The van der Waals surface area contributed by atoms with Crippen LogP contribution in [-0.2, 0) is 18.3 Å². The zero-order chi connectivity index (χ0) is 14.4. The van der Waals surface area contributed by atoms with E-state index in [1.54, 1.807) is 30.5 Å². The Hall–Kier alpha value is -2.43. The van der Waals surface area contributed by atoms with Gasteiger partial charge in [-0.2, -0.15) is 0 Å². The van der Waals surface area contributed by atoms with Crippen molar-refractivity contribution in [3.63, 3.8) is 0 Å². The van der Waals surface area contributed by atoms with Crippen molar-refractivity contribution < 1.29 is 9.59 Å². The minimum Gasteiger partial charge on any atom is -0.355 e. The third kappa shape index (κ3) is 3.78. The number of aromatic nitrogens is 2. The van der Waals surface area contributed by atoms with Gasteiger partial charge in [0, 0.05) is 38.0 Å². The van der Waals surface area contributed by atoms with E-state index in [1.807, 2.05) is 23.9 Å². The SMILES string of the molecule is Cn1ccnc1CCNC(=O)CC(=O)c1ccccc1. The van der Waals surface area contributed by atoms with Gasteiger partial charge in [-0.1, -0.05) is 30.3 Å². The molecule has 0 bridgehead atoms. The van der Waals surface area contributed by atoms with E-state index in [9.17, 15) is 9.59 Å². The Kier molecular flexibility index (Phi) is 4.65. The molecule has 0 aliphatic heterocycles. The van der Waals surface area contributed by atoms with Gasteiger partial charge in [0.25, 0.3) is 0 Å². The molecule has 0 aliphatic rings. The maximum absolute atomic E-state index is 11.8. The average molecular weight is 271 g/mol. The van der Waals surface area contributed by atoms with Crippen LogP contribution in [0.5, 0.6) is 0 Å². The lowest BCUT2D eigenvalue weighted by Gasteiger charge is -2.05. The number of Topliss-reactive ketones (excluding diaryl/α,β-unsaturated/α-hetero) is 1. The van der Waals surface area contributed by atoms with E-state index in [0.717, 1.165) is 5.82 Å². The number of hydrogen-bond acceptors (Lipinski definition) is 3. The molecule has 0 saturated carbocycles. The summed E-state index contributed by atoms with van der Waals surface area (Å²) in [5.74, 6) is 0.479. The molecule has 1 N–H and O–H groups in total. The third-order valence-corrected chi connectivity index (χ3v) is 3.01. The zero-order valence-corrected chi connectivity index (χ0v) is 11.4. The summed E-state index contributed by atoms with van der Waals surface area (Å²) in [6, 6.07) is 8.83. The summed E-state index contributed by atoms with van der Waals surface area (Å²) in [4.78, 5) is 27.7. The number of carbonyl (C=O) groups is 2. The predicted molar refractivity (Wildman–Crippen MR) is 75.3 cm³/mol. The van der Waals surface area contributed by atoms with Crippen molar-refractivity contribution in [3.05, 3.63) is 54.1 Å². The van der Waals surface area contributed by atoms with Gasteiger partial charge in [-0.3, -0.25) is 9.59 Å². The summed E-state index contributed by atoms with van der Waals surface area (Å²) < 4.78 is 1.90. The molecule has 0 spiro atoms. The van der Waals surface area contributed by atoms with Crippen molar-refractivity contribution >= 4 is 11.7 Å². The number of nitrogens with one attached hydrogen (secondary N) is 1. The van der Waals surface area contributed by atoms with Crippen LogP contribution >= 0.6 is 0 Å². The quantitative estimate of drug-likeness (QED) is 0.637. The van der Waals surface area contributed by atoms with E-state index in [-0.39, 0.29) is 18.1 Å². The molecule has 5 heteroatoms. The number of nitrogens with zero attached hydrogens (tertiary/aromatic N) is 2. The van der Waals surface area contributed by atoms with Crippen LogP contribution in [0.2, 0.25) is 0 Å². The number of carbonyl (C=O) groups excluding carboxylic acids is 2. The monoisotopic (exact) mass is 271 g/mol. The summed E-state index contributed by atoms with van der Waals surface area (Å²) in [7, 11) is 1.91. The molecule has 104 valence electrons. The Morgan fingerprint density at radius 3 is 2.65 bits per heavy atom. The predicted octanol–water partition coefficient (Wildman–Crippen LogP) is 1.35. The second-order valence-corrected chi connectivity index (χ2v) is 4.52. The Balaban J connectivity index is 1.76. The summed E-state index contributed by atoms with van der Waals surface area (Å²) in [6.07, 6.45) is 4.10. The molecule has 2 rings (SSSR count). The van der Waals surface area contributed by atoms with E-state index in [0.29, 0.717) is 18.5 Å². The Bertz CT molecular complexity index is 590. The molecule has 1 aromatic carbocycles. The first kappa shape index (κ1) is 14.0. The van der Waals surface area contributed by atoms with Crippen LogP contribution < -0.4 is 5.32 Å². The summed E-state index contributed by atoms with van der Waals surface area (Å²) >= 11 is 0. The number of imidazole rings is 1. The second kappa shape index (κ2) is 6.65. The summed E-state index contributed by atoms with van der Waals surface area (Å²) in [5.41, 5.74) is 0.562. The van der Waals surface area contributed by atoms with Crippen LogP contribution in [0.4, 0.5) is 0 Å². The van der Waals surface area contributed by atoms with Crippen LogP contribution in [0.1, 0.15) is 22.6 Å². The molecular weight excluding hydrogens is 254 g/mol. The van der Waals surface area contributed by atoms with Gasteiger partial charge in [0.15, 0.2) is 5.78 Å². The van der Waals surface area contributed by atoms with Crippen molar-refractivity contribution in [3.8, 4) is 0 Å². The standard InChI is InChI=1S/C15H17N3O2/c1-18-10-9-16-14(18)7-8-17-15(20)11-13(19)12-5-3-2-4-6-12/h2-6,9-10H,7-8,11H2,1H3,(H,17,20). The third-order valence-electron chi connectivity index (χ3n) is 3.01. The lowest BCUT2D eigenvalue weighted by atomic mass is 10.1. The zero-order valence-electron chi connectivity index (χ0n) is 11.4. The fraction of sp³-hybridized carbons (Fsp3) is 0.267. The van der Waals surface area contributed by atoms with Crippen LogP contribution in [0, 0.1) is 0 Å². The van der Waals surface area contributed by atoms with E-state index in [1.165, 1.54) is 0 Å². The highest BCUT2D eigenvalue weighted by Gasteiger charge is 2.11. The Labute approximate surface area is 117 Å². The lowest BCUT2D eigenvalue weighted by Crippen LogP contribution is -2.28. The Morgan fingerprint density at radius 2 is 2.00 bits per heavy atom. The number of hydrogen-bond donors (Lipinski definition) is 1. The van der Waals surface area contributed by atoms with Gasteiger partial charge in [0.05, 0.1) is 6.42 Å². The molecule has 0 unspecified atom stereocenters. The summed E-state index contributed by atoms with van der Waals surface area (Å²) in [6.45, 7) is 0.478. The number of ketones is 1. The maximum atomic E-state index is 11.8. The van der Waals surface area contributed by atoms with Crippen LogP contribution in [0.3, 0.4) is 0 Å². The minimum absolute atomic E-state index is 0.120. The first-order valence-corrected chi connectivity index (χ1v) is 6.48. The van der Waals surface area contributed by atoms with Gasteiger partial charge in [-0.25, -0.2) is 4.98 Å². The van der Waals surface area contributed by atoms with E-state index < -0.39 is 0 Å². The molecule has 0 radical (unpaired) electrons. The minimum atomic E-state index is -0.256. The fourth-order valence-electron chi connectivity index (χ4n) is 1.89. The lowest BCUT2D eigenvalue weighted by molar-refractivity contribution is -0.120. The van der Waals surface area contributed by atoms with Crippen LogP contribution in [-0.4, -0.2) is 27.8 Å². The number of benzene rings is 1. The highest BCUT2D eigenvalue weighted by molar-refractivity contribution is 6.07. The van der Waals surface area contributed by atoms with Crippen LogP contribution in [0.15, 0.2) is 42.7 Å². The van der Waals surface area contributed by atoms with Crippen LogP contribution in [0.25, 0.3) is 0 Å². The van der Waals surface area contributed by atoms with Crippen molar-refractivity contribution in [1.82, 2.24) is 14.9 Å². The number of rotatable bonds is 6. The van der Waals surface area contributed by atoms with E-state index in [2.05, 4.69) is 10.3 Å². The number of aryl methyl sites for hydroxylation is 1. The molecule has 0 saturated heterocycles. The topological polar surface area (TPSA) is 64.0 Å². The average Bonchev–Trinajstić information content (AvgIpc) is 2.85. The fourth-order valence-corrected chi connectivity index (χ4v) is 1.89. The second-order valence-electron chi connectivity index (χ2n) is 4.52. The normalized spacial score (nSPS) is 10.2. The highest BCUT2D eigenvalue weighted by atomic mass is 16.2. The summed E-state index contributed by atoms with van der Waals surface area (Å²) in [5, 5.41) is 2.74. The van der Waals surface area contributed by atoms with E-state index in [4.69, 9.17) is 0 Å². The van der Waals surface area contributed by atoms with Crippen molar-refractivity contribution in [2.45, 2.75) is 12.8 Å². The molecule has 1 aromatic heterocycles. The molecule has 1 amide bonds. The Morgan fingerprint density at radius 1 is 1.25 bits per heavy atom. The molecule has 0 atom stereocenters. The van der Waals surface area contributed by atoms with Gasteiger partial charge < -0.3 is 9.88 Å². The first-order valence-electron chi connectivity index (χ1n) is 6.48. The highest BCUT2D eigenvalue weighted by Crippen LogP contribution is 2.02. The van der Waals surface area contributed by atoms with Gasteiger partial charge in [-0.15, -0.1) is 0 Å². The van der Waals surface area contributed by atoms with Crippen molar-refractivity contribution in [1.29, 1.82) is 0 Å². The van der Waals surface area contributed by atoms with Gasteiger partial charge in [0.2, 0.25) is 5.91 Å². The molecule has 0 aliphatic carbocycles. The van der Waals surface area contributed by atoms with Crippen molar-refractivity contribution in [2.24, 2.45) is 7.05 Å².